The molecule has 0 heterocycles. The Morgan fingerprint density at radius 1 is 1.33 bits per heavy atom. The molecule has 2 nitrogen and oxygen atoms in total. The Hall–Kier alpha value is -0.0800. The first kappa shape index (κ1) is 11.9. The second-order valence-electron chi connectivity index (χ2n) is 3.88. The van der Waals surface area contributed by atoms with E-state index >= 15 is 0 Å². The predicted molar refractivity (Wildman–Crippen MR) is 53.5 cm³/mol. The topological polar surface area (TPSA) is 21.3 Å². The van der Waals surface area contributed by atoms with Gasteiger partial charge in [-0.05, 0) is 34.1 Å². The highest BCUT2D eigenvalue weighted by atomic mass is 16.5. The lowest BCUT2D eigenvalue weighted by Crippen LogP contribution is -2.42. The van der Waals surface area contributed by atoms with Gasteiger partial charge in [0.25, 0.3) is 0 Å². The number of nitrogens with one attached hydrogen (secondary N) is 1. The highest BCUT2D eigenvalue weighted by Gasteiger charge is 2.14. The van der Waals surface area contributed by atoms with Crippen LogP contribution in [0.3, 0.4) is 0 Å². The number of hydrogen-bond acceptors (Lipinski definition) is 2. The molecule has 0 aromatic rings. The fraction of sp³-hybridized carbons (Fsp3) is 1.00. The molecule has 0 rings (SSSR count). The van der Waals surface area contributed by atoms with Gasteiger partial charge in [-0.1, -0.05) is 6.92 Å². The minimum atomic E-state index is 0.241. The number of ether oxygens (including phenoxy) is 1. The summed E-state index contributed by atoms with van der Waals surface area (Å²) in [5.74, 6) is 0. The van der Waals surface area contributed by atoms with Crippen LogP contribution in [0, 0.1) is 0 Å². The normalized spacial score (nSPS) is 14.8. The molecule has 0 fully saturated rings. The van der Waals surface area contributed by atoms with Crippen LogP contribution in [0.4, 0.5) is 0 Å². The van der Waals surface area contributed by atoms with Crippen LogP contribution in [0.5, 0.6) is 0 Å². The zero-order valence-electron chi connectivity index (χ0n) is 9.11. The van der Waals surface area contributed by atoms with Crippen molar-refractivity contribution in [2.45, 2.75) is 52.7 Å². The number of rotatable bonds is 6. The predicted octanol–water partition coefficient (Wildman–Crippen LogP) is 2.19. The Bertz CT molecular complexity index is 112. The Morgan fingerprint density at radius 3 is 2.33 bits per heavy atom. The van der Waals surface area contributed by atoms with E-state index in [1.807, 2.05) is 6.92 Å². The summed E-state index contributed by atoms with van der Waals surface area (Å²) >= 11 is 0. The highest BCUT2D eigenvalue weighted by Crippen LogP contribution is 2.06. The van der Waals surface area contributed by atoms with Gasteiger partial charge in [0.15, 0.2) is 0 Å². The second kappa shape index (κ2) is 5.55. The quantitative estimate of drug-likeness (QED) is 0.665. The van der Waals surface area contributed by atoms with Crippen molar-refractivity contribution < 1.29 is 4.74 Å². The van der Waals surface area contributed by atoms with Gasteiger partial charge in [-0.2, -0.15) is 0 Å². The SMILES string of the molecule is CCOC(C)CNC(C)(C)CC. The van der Waals surface area contributed by atoms with Crippen molar-refractivity contribution in [3.8, 4) is 0 Å². The molecule has 12 heavy (non-hydrogen) atoms. The van der Waals surface area contributed by atoms with Gasteiger partial charge in [0.05, 0.1) is 6.10 Å². The van der Waals surface area contributed by atoms with Crippen molar-refractivity contribution >= 4 is 0 Å². The summed E-state index contributed by atoms with van der Waals surface area (Å²) < 4.78 is 5.42. The third kappa shape index (κ3) is 5.56. The van der Waals surface area contributed by atoms with E-state index in [0.29, 0.717) is 6.10 Å². The molecule has 0 saturated heterocycles. The van der Waals surface area contributed by atoms with Crippen molar-refractivity contribution in [2.24, 2.45) is 0 Å². The van der Waals surface area contributed by atoms with Gasteiger partial charge in [0.2, 0.25) is 0 Å². The van der Waals surface area contributed by atoms with Crippen LogP contribution in [0.2, 0.25) is 0 Å². The van der Waals surface area contributed by atoms with E-state index in [0.717, 1.165) is 19.6 Å². The van der Waals surface area contributed by atoms with Crippen LogP contribution in [0.25, 0.3) is 0 Å². The first-order chi connectivity index (χ1) is 5.52. The van der Waals surface area contributed by atoms with Gasteiger partial charge in [-0.25, -0.2) is 0 Å². The lowest BCUT2D eigenvalue weighted by Gasteiger charge is -2.26. The molecule has 74 valence electrons. The Balaban J connectivity index is 3.52. The lowest BCUT2D eigenvalue weighted by atomic mass is 10.0. The zero-order valence-corrected chi connectivity index (χ0v) is 9.11. The van der Waals surface area contributed by atoms with Crippen molar-refractivity contribution in [3.05, 3.63) is 0 Å². The van der Waals surface area contributed by atoms with Crippen LogP contribution in [0.15, 0.2) is 0 Å². The molecule has 1 atom stereocenters. The molecular weight excluding hydrogens is 150 g/mol. The summed E-state index contributed by atoms with van der Waals surface area (Å²) in [6, 6.07) is 0. The van der Waals surface area contributed by atoms with E-state index in [1.54, 1.807) is 0 Å². The molecule has 0 aromatic heterocycles. The fourth-order valence-corrected chi connectivity index (χ4v) is 0.888. The van der Waals surface area contributed by atoms with E-state index in [9.17, 15) is 0 Å². The number of hydrogen-bond donors (Lipinski definition) is 1. The van der Waals surface area contributed by atoms with Crippen molar-refractivity contribution in [2.75, 3.05) is 13.2 Å². The Kier molecular flexibility index (Phi) is 5.51. The smallest absolute Gasteiger partial charge is 0.0671 e. The fourth-order valence-electron chi connectivity index (χ4n) is 0.888. The molecule has 1 unspecified atom stereocenters. The van der Waals surface area contributed by atoms with Crippen LogP contribution in [-0.2, 0) is 4.74 Å². The molecule has 0 aromatic carbocycles. The molecule has 0 spiro atoms. The molecule has 2 heteroatoms. The van der Waals surface area contributed by atoms with Gasteiger partial charge in [0.1, 0.15) is 0 Å². The maximum absolute atomic E-state index is 5.42. The van der Waals surface area contributed by atoms with Gasteiger partial charge >= 0.3 is 0 Å². The first-order valence-electron chi connectivity index (χ1n) is 4.88. The monoisotopic (exact) mass is 173 g/mol. The van der Waals surface area contributed by atoms with Gasteiger partial charge < -0.3 is 10.1 Å². The van der Waals surface area contributed by atoms with E-state index in [1.165, 1.54) is 0 Å². The van der Waals surface area contributed by atoms with Crippen LogP contribution < -0.4 is 5.32 Å². The maximum atomic E-state index is 5.42. The Labute approximate surface area is 76.7 Å². The zero-order chi connectivity index (χ0) is 9.61. The van der Waals surface area contributed by atoms with Gasteiger partial charge in [-0.15, -0.1) is 0 Å². The van der Waals surface area contributed by atoms with E-state index in [-0.39, 0.29) is 5.54 Å². The standard InChI is InChI=1S/C10H23NO/c1-6-10(4,5)11-8-9(3)12-7-2/h9,11H,6-8H2,1-5H3. The molecule has 0 aliphatic rings. The van der Waals surface area contributed by atoms with Gasteiger partial charge in [-0.3, -0.25) is 0 Å². The molecule has 1 N–H and O–H groups in total. The molecule has 0 saturated carbocycles. The van der Waals surface area contributed by atoms with E-state index < -0.39 is 0 Å². The van der Waals surface area contributed by atoms with Crippen molar-refractivity contribution in [1.29, 1.82) is 0 Å². The summed E-state index contributed by atoms with van der Waals surface area (Å²) in [4.78, 5) is 0. The Morgan fingerprint density at radius 2 is 1.92 bits per heavy atom. The largest absolute Gasteiger partial charge is 0.377 e. The van der Waals surface area contributed by atoms with E-state index in [2.05, 4.69) is 33.0 Å². The van der Waals surface area contributed by atoms with Crippen LogP contribution in [0.1, 0.15) is 41.0 Å². The average Bonchev–Trinajstić information content (AvgIpc) is 2.02. The molecule has 0 aliphatic heterocycles. The second-order valence-corrected chi connectivity index (χ2v) is 3.88. The minimum Gasteiger partial charge on any atom is -0.377 e. The van der Waals surface area contributed by atoms with Crippen LogP contribution >= 0.6 is 0 Å². The van der Waals surface area contributed by atoms with Crippen molar-refractivity contribution in [1.82, 2.24) is 5.32 Å². The first-order valence-corrected chi connectivity index (χ1v) is 4.88. The molecule has 0 bridgehead atoms. The maximum Gasteiger partial charge on any atom is 0.0671 e. The average molecular weight is 173 g/mol. The molecule has 0 aliphatic carbocycles. The summed E-state index contributed by atoms with van der Waals surface area (Å²) in [6.07, 6.45) is 1.46. The summed E-state index contributed by atoms with van der Waals surface area (Å²) in [5, 5.41) is 3.47. The van der Waals surface area contributed by atoms with Gasteiger partial charge in [0, 0.05) is 18.7 Å². The highest BCUT2D eigenvalue weighted by molar-refractivity contribution is 4.76. The molecular formula is C10H23NO. The van der Waals surface area contributed by atoms with E-state index in [4.69, 9.17) is 4.74 Å². The summed E-state index contributed by atoms with van der Waals surface area (Å²) in [7, 11) is 0. The third-order valence-electron chi connectivity index (χ3n) is 2.20. The van der Waals surface area contributed by atoms with Crippen LogP contribution in [-0.4, -0.2) is 24.8 Å². The summed E-state index contributed by atoms with van der Waals surface area (Å²) in [6.45, 7) is 12.5. The third-order valence-corrected chi connectivity index (χ3v) is 2.20. The molecule has 0 amide bonds. The molecule has 0 radical (unpaired) electrons. The van der Waals surface area contributed by atoms with Crippen molar-refractivity contribution in [3.63, 3.8) is 0 Å². The summed E-state index contributed by atoms with van der Waals surface area (Å²) in [5.41, 5.74) is 0.241. The lowest BCUT2D eigenvalue weighted by molar-refractivity contribution is 0.0703. The minimum absolute atomic E-state index is 0.241.